The number of fused-ring (bicyclic) bond motifs is 1. The van der Waals surface area contributed by atoms with E-state index in [2.05, 4.69) is 28.5 Å². The second-order valence-electron chi connectivity index (χ2n) is 6.83. The Labute approximate surface area is 181 Å². The topological polar surface area (TPSA) is 121 Å². The zero-order valence-electron chi connectivity index (χ0n) is 17.6. The van der Waals surface area contributed by atoms with Crippen molar-refractivity contribution < 1.29 is 13.3 Å². The van der Waals surface area contributed by atoms with Crippen molar-refractivity contribution in [2.24, 2.45) is 5.10 Å². The summed E-state index contributed by atoms with van der Waals surface area (Å²) >= 11 is 0. The van der Waals surface area contributed by atoms with Crippen molar-refractivity contribution in [2.75, 3.05) is 18.5 Å². The van der Waals surface area contributed by atoms with Crippen molar-refractivity contribution in [3.63, 3.8) is 0 Å². The molecule has 0 aliphatic rings. The van der Waals surface area contributed by atoms with E-state index in [-0.39, 0.29) is 29.4 Å². The molecule has 0 atom stereocenters. The Balaban J connectivity index is 1.89. The minimum atomic E-state index is -3.80. The van der Waals surface area contributed by atoms with Crippen LogP contribution in [0.15, 0.2) is 52.6 Å². The molecule has 0 saturated heterocycles. The number of nitrogens with zero attached hydrogens (tertiary/aromatic N) is 3. The van der Waals surface area contributed by atoms with Crippen LogP contribution in [0.25, 0.3) is 10.9 Å². The van der Waals surface area contributed by atoms with Gasteiger partial charge < -0.3 is 4.98 Å². The Hall–Kier alpha value is -3.24. The van der Waals surface area contributed by atoms with Crippen molar-refractivity contribution in [3.8, 4) is 0 Å². The van der Waals surface area contributed by atoms with Gasteiger partial charge in [0.1, 0.15) is 5.69 Å². The molecular weight excluding hydrogens is 418 g/mol. The Morgan fingerprint density at radius 2 is 1.94 bits per heavy atom. The molecule has 3 aromatic rings. The van der Waals surface area contributed by atoms with Crippen LogP contribution >= 0.6 is 0 Å². The molecule has 1 heterocycles. The molecular formula is C21H25N5O4S. The summed E-state index contributed by atoms with van der Waals surface area (Å²) in [5.74, 6) is 0. The summed E-state index contributed by atoms with van der Waals surface area (Å²) in [6.07, 6.45) is 4.29. The maximum atomic E-state index is 12.7. The van der Waals surface area contributed by atoms with Crippen molar-refractivity contribution >= 4 is 38.5 Å². The monoisotopic (exact) mass is 443 g/mol. The summed E-state index contributed by atoms with van der Waals surface area (Å²) in [7, 11) is -3.80. The number of hydrogen-bond acceptors (Lipinski definition) is 6. The van der Waals surface area contributed by atoms with Gasteiger partial charge in [0.25, 0.3) is 5.69 Å². The molecule has 2 aromatic carbocycles. The average Bonchev–Trinajstić information content (AvgIpc) is 3.17. The molecule has 0 unspecified atom stereocenters. The van der Waals surface area contributed by atoms with Crippen molar-refractivity contribution in [3.05, 3.63) is 63.8 Å². The summed E-state index contributed by atoms with van der Waals surface area (Å²) in [5, 5.41) is 16.7. The highest BCUT2D eigenvalue weighted by molar-refractivity contribution is 7.89. The third kappa shape index (κ3) is 4.44. The Kier molecular flexibility index (Phi) is 6.71. The van der Waals surface area contributed by atoms with E-state index < -0.39 is 14.9 Å². The third-order valence-corrected chi connectivity index (χ3v) is 7.16. The van der Waals surface area contributed by atoms with E-state index in [0.29, 0.717) is 0 Å². The average molecular weight is 444 g/mol. The molecule has 0 bridgehead atoms. The molecule has 31 heavy (non-hydrogen) atoms. The Morgan fingerprint density at radius 1 is 1.19 bits per heavy atom. The number of aromatic nitrogens is 1. The zero-order valence-corrected chi connectivity index (χ0v) is 18.4. The van der Waals surface area contributed by atoms with E-state index >= 15 is 0 Å². The van der Waals surface area contributed by atoms with E-state index in [0.717, 1.165) is 29.0 Å². The van der Waals surface area contributed by atoms with Crippen LogP contribution in [0.5, 0.6) is 0 Å². The van der Waals surface area contributed by atoms with E-state index in [1.807, 2.05) is 18.3 Å². The number of anilines is 1. The minimum absolute atomic E-state index is 0.105. The van der Waals surface area contributed by atoms with Crippen molar-refractivity contribution in [2.45, 2.75) is 32.1 Å². The van der Waals surface area contributed by atoms with Gasteiger partial charge in [-0.25, -0.2) is 8.42 Å². The molecule has 0 spiro atoms. The quantitative estimate of drug-likeness (QED) is 0.293. The molecule has 2 N–H and O–H groups in total. The lowest BCUT2D eigenvalue weighted by Gasteiger charge is -2.18. The lowest BCUT2D eigenvalue weighted by molar-refractivity contribution is -0.384. The first kappa shape index (κ1) is 22.4. The molecule has 0 saturated carbocycles. The number of sulfonamides is 1. The zero-order chi connectivity index (χ0) is 22.6. The summed E-state index contributed by atoms with van der Waals surface area (Å²) in [4.78, 5) is 14.0. The highest BCUT2D eigenvalue weighted by atomic mass is 32.2. The normalized spacial score (nSPS) is 12.1. The van der Waals surface area contributed by atoms with Gasteiger partial charge >= 0.3 is 0 Å². The number of rotatable bonds is 9. The molecule has 9 nitrogen and oxygen atoms in total. The number of aromatic amines is 1. The summed E-state index contributed by atoms with van der Waals surface area (Å²) in [6.45, 7) is 6.07. The van der Waals surface area contributed by atoms with E-state index in [1.54, 1.807) is 20.1 Å². The molecule has 0 amide bonds. The largest absolute Gasteiger partial charge is 0.360 e. The number of hydrogen-bond donors (Lipinski definition) is 2. The van der Waals surface area contributed by atoms with Crippen LogP contribution < -0.4 is 5.43 Å². The van der Waals surface area contributed by atoms with Crippen LogP contribution in [-0.2, 0) is 16.4 Å². The number of aryl methyl sites for hydroxylation is 1. The first-order chi connectivity index (χ1) is 14.8. The van der Waals surface area contributed by atoms with Crippen LogP contribution in [-0.4, -0.2) is 41.9 Å². The number of benzene rings is 2. The van der Waals surface area contributed by atoms with Gasteiger partial charge in [-0.1, -0.05) is 39.0 Å². The third-order valence-electron chi connectivity index (χ3n) is 5.11. The van der Waals surface area contributed by atoms with Gasteiger partial charge in [-0.15, -0.1) is 0 Å². The smallest absolute Gasteiger partial charge is 0.295 e. The van der Waals surface area contributed by atoms with E-state index in [4.69, 9.17) is 0 Å². The van der Waals surface area contributed by atoms with Crippen molar-refractivity contribution in [1.82, 2.24) is 9.29 Å². The predicted molar refractivity (Wildman–Crippen MR) is 122 cm³/mol. The predicted octanol–water partition coefficient (Wildman–Crippen LogP) is 4.12. The highest BCUT2D eigenvalue weighted by Crippen LogP contribution is 2.29. The first-order valence-corrected chi connectivity index (χ1v) is 11.4. The molecule has 0 fully saturated rings. The summed E-state index contributed by atoms with van der Waals surface area (Å²) in [6, 6.07) is 9.76. The minimum Gasteiger partial charge on any atom is -0.360 e. The van der Waals surface area contributed by atoms with Crippen molar-refractivity contribution in [1.29, 1.82) is 0 Å². The SMILES string of the molecule is CCc1cccc2c(/C=N/Nc3ccc(S(=O)(=O)N(CC)CC)cc3[N+](=O)[O-])c[nH]c12. The van der Waals surface area contributed by atoms with Gasteiger partial charge in [-0.3, -0.25) is 15.5 Å². The van der Waals surface area contributed by atoms with Gasteiger partial charge in [0, 0.05) is 41.8 Å². The first-order valence-electron chi connectivity index (χ1n) is 10.00. The standard InChI is InChI=1S/C21H25N5O4S/c1-4-15-8-7-9-18-16(13-22-21(15)18)14-23-24-19-11-10-17(12-20(19)26(27)28)31(29,30)25(5-2)6-3/h7-14,22,24H,4-6H2,1-3H3/b23-14+. The van der Waals surface area contributed by atoms with Crippen LogP contribution in [0, 0.1) is 10.1 Å². The van der Waals surface area contributed by atoms with Crippen LogP contribution in [0.1, 0.15) is 31.9 Å². The molecule has 0 aliphatic carbocycles. The van der Waals surface area contributed by atoms with Gasteiger partial charge in [-0.05, 0) is 24.1 Å². The van der Waals surface area contributed by atoms with Gasteiger partial charge in [0.2, 0.25) is 10.0 Å². The Bertz CT molecular complexity index is 1230. The molecule has 0 aliphatic heterocycles. The van der Waals surface area contributed by atoms with Gasteiger partial charge in [0.15, 0.2) is 0 Å². The number of nitro benzene ring substituents is 1. The second kappa shape index (κ2) is 9.27. The molecule has 164 valence electrons. The second-order valence-corrected chi connectivity index (χ2v) is 8.77. The summed E-state index contributed by atoms with van der Waals surface area (Å²) in [5.41, 5.74) is 5.46. The number of hydrazone groups is 1. The van der Waals surface area contributed by atoms with Crippen LogP contribution in [0.3, 0.4) is 0 Å². The van der Waals surface area contributed by atoms with E-state index in [1.165, 1.54) is 22.0 Å². The maximum absolute atomic E-state index is 12.7. The van der Waals surface area contributed by atoms with E-state index in [9.17, 15) is 18.5 Å². The van der Waals surface area contributed by atoms with Crippen LogP contribution in [0.2, 0.25) is 0 Å². The number of nitrogens with one attached hydrogen (secondary N) is 2. The van der Waals surface area contributed by atoms with Gasteiger partial charge in [-0.2, -0.15) is 9.41 Å². The fourth-order valence-corrected chi connectivity index (χ4v) is 4.92. The number of para-hydroxylation sites is 1. The Morgan fingerprint density at radius 3 is 2.58 bits per heavy atom. The fraction of sp³-hybridized carbons (Fsp3) is 0.286. The molecule has 3 rings (SSSR count). The molecule has 1 aromatic heterocycles. The summed E-state index contributed by atoms with van der Waals surface area (Å²) < 4.78 is 26.6. The highest BCUT2D eigenvalue weighted by Gasteiger charge is 2.25. The van der Waals surface area contributed by atoms with Crippen LogP contribution in [0.4, 0.5) is 11.4 Å². The fourth-order valence-electron chi connectivity index (χ4n) is 3.44. The molecule has 10 heteroatoms. The van der Waals surface area contributed by atoms with Gasteiger partial charge in [0.05, 0.1) is 16.0 Å². The molecule has 0 radical (unpaired) electrons. The lowest BCUT2D eigenvalue weighted by atomic mass is 10.1. The number of nitro groups is 1. The number of H-pyrrole nitrogens is 1. The maximum Gasteiger partial charge on any atom is 0.295 e. The lowest BCUT2D eigenvalue weighted by Crippen LogP contribution is -2.30.